The van der Waals surface area contributed by atoms with Crippen molar-refractivity contribution in [1.82, 2.24) is 5.32 Å². The van der Waals surface area contributed by atoms with Crippen LogP contribution in [0.5, 0.6) is 0 Å². The molecule has 0 radical (unpaired) electrons. The van der Waals surface area contributed by atoms with Crippen molar-refractivity contribution in [2.24, 2.45) is 5.73 Å². The van der Waals surface area contributed by atoms with E-state index >= 15 is 0 Å². The van der Waals surface area contributed by atoms with E-state index in [-0.39, 0.29) is 22.9 Å². The summed E-state index contributed by atoms with van der Waals surface area (Å²) in [6.07, 6.45) is 3.75. The Bertz CT molecular complexity index is 944. The van der Waals surface area contributed by atoms with E-state index in [4.69, 9.17) is 5.73 Å². The molecule has 0 unspecified atom stereocenters. The van der Waals surface area contributed by atoms with E-state index in [9.17, 15) is 13.2 Å². The van der Waals surface area contributed by atoms with Crippen molar-refractivity contribution in [1.29, 1.82) is 0 Å². The summed E-state index contributed by atoms with van der Waals surface area (Å²) in [5, 5.41) is 4.54. The zero-order chi connectivity index (χ0) is 17.7. The highest BCUT2D eigenvalue weighted by Gasteiger charge is 2.39. The van der Waals surface area contributed by atoms with Crippen LogP contribution in [0.2, 0.25) is 0 Å². The third-order valence-electron chi connectivity index (χ3n) is 5.32. The Labute approximate surface area is 147 Å². The SMILES string of the molecule is NCC1(NC(=O)CN2c3cccc4cccc(c34)S2(=O)=O)CCCC1. The number of benzene rings is 2. The molecule has 4 rings (SSSR count). The van der Waals surface area contributed by atoms with Crippen LogP contribution in [0, 0.1) is 0 Å². The predicted molar refractivity (Wildman–Crippen MR) is 96.9 cm³/mol. The van der Waals surface area contributed by atoms with E-state index < -0.39 is 10.0 Å². The molecule has 6 nitrogen and oxygen atoms in total. The van der Waals surface area contributed by atoms with Gasteiger partial charge in [0.1, 0.15) is 6.54 Å². The molecule has 0 atom stereocenters. The van der Waals surface area contributed by atoms with Crippen molar-refractivity contribution >= 4 is 32.4 Å². The van der Waals surface area contributed by atoms with Gasteiger partial charge in [0, 0.05) is 11.9 Å². The lowest BCUT2D eigenvalue weighted by Crippen LogP contribution is -2.54. The standard InChI is InChI=1S/C18H21N3O3S/c19-12-18(9-1-2-10-18)20-16(22)11-21-14-7-3-5-13-6-4-8-15(17(13)14)25(21,23)24/h3-8H,1-2,9-12,19H2,(H,20,22). The van der Waals surface area contributed by atoms with E-state index in [1.165, 1.54) is 4.31 Å². The summed E-state index contributed by atoms with van der Waals surface area (Å²) in [5.41, 5.74) is 6.04. The number of rotatable bonds is 4. The highest BCUT2D eigenvalue weighted by Crippen LogP contribution is 2.41. The molecule has 1 aliphatic heterocycles. The van der Waals surface area contributed by atoms with Crippen molar-refractivity contribution in [2.75, 3.05) is 17.4 Å². The van der Waals surface area contributed by atoms with Gasteiger partial charge in [-0.05, 0) is 30.4 Å². The Kier molecular flexibility index (Phi) is 3.73. The molecule has 2 aromatic carbocycles. The fraction of sp³-hybridized carbons (Fsp3) is 0.389. The first-order valence-corrected chi connectivity index (χ1v) is 9.96. The smallest absolute Gasteiger partial charge is 0.265 e. The van der Waals surface area contributed by atoms with Gasteiger partial charge in [0.2, 0.25) is 5.91 Å². The zero-order valence-electron chi connectivity index (χ0n) is 13.9. The van der Waals surface area contributed by atoms with Crippen LogP contribution in [-0.4, -0.2) is 33.0 Å². The minimum Gasteiger partial charge on any atom is -0.348 e. The normalized spacial score (nSPS) is 20.1. The van der Waals surface area contributed by atoms with E-state index in [2.05, 4.69) is 5.32 Å². The fourth-order valence-electron chi connectivity index (χ4n) is 4.03. The van der Waals surface area contributed by atoms with Gasteiger partial charge in [-0.15, -0.1) is 0 Å². The van der Waals surface area contributed by atoms with E-state index in [1.807, 2.05) is 18.2 Å². The largest absolute Gasteiger partial charge is 0.348 e. The summed E-state index contributed by atoms with van der Waals surface area (Å²) >= 11 is 0. The van der Waals surface area contributed by atoms with Gasteiger partial charge in [0.25, 0.3) is 10.0 Å². The number of nitrogens with one attached hydrogen (secondary N) is 1. The van der Waals surface area contributed by atoms with E-state index in [0.29, 0.717) is 17.6 Å². The average Bonchev–Trinajstić information content (AvgIpc) is 3.14. The van der Waals surface area contributed by atoms with Crippen molar-refractivity contribution in [3.05, 3.63) is 36.4 Å². The number of sulfonamides is 1. The Balaban J connectivity index is 1.66. The second kappa shape index (κ2) is 5.71. The number of nitrogens with two attached hydrogens (primary N) is 1. The second-order valence-electron chi connectivity index (χ2n) is 6.88. The predicted octanol–water partition coefficient (Wildman–Crippen LogP) is 1.74. The number of anilines is 1. The lowest BCUT2D eigenvalue weighted by Gasteiger charge is -2.30. The molecule has 7 heteroatoms. The van der Waals surface area contributed by atoms with Crippen molar-refractivity contribution in [2.45, 2.75) is 36.1 Å². The summed E-state index contributed by atoms with van der Waals surface area (Å²) in [6, 6.07) is 10.6. The molecule has 1 saturated carbocycles. The van der Waals surface area contributed by atoms with Crippen LogP contribution in [0.25, 0.3) is 10.8 Å². The molecule has 132 valence electrons. The van der Waals surface area contributed by atoms with Crippen LogP contribution in [-0.2, 0) is 14.8 Å². The number of amides is 1. The van der Waals surface area contributed by atoms with Crippen LogP contribution < -0.4 is 15.4 Å². The third kappa shape index (κ3) is 2.49. The number of nitrogens with zero attached hydrogens (tertiary/aromatic N) is 1. The number of hydrogen-bond donors (Lipinski definition) is 2. The lowest BCUT2D eigenvalue weighted by molar-refractivity contribution is -0.121. The Morgan fingerprint density at radius 2 is 1.84 bits per heavy atom. The van der Waals surface area contributed by atoms with Gasteiger partial charge in [-0.3, -0.25) is 9.10 Å². The topological polar surface area (TPSA) is 92.5 Å². The first kappa shape index (κ1) is 16.4. The molecule has 0 bridgehead atoms. The number of carbonyl (C=O) groups excluding carboxylic acids is 1. The van der Waals surface area contributed by atoms with Crippen LogP contribution in [0.4, 0.5) is 5.69 Å². The molecule has 2 aliphatic rings. The minimum atomic E-state index is -3.71. The first-order valence-electron chi connectivity index (χ1n) is 8.52. The van der Waals surface area contributed by atoms with Crippen LogP contribution >= 0.6 is 0 Å². The summed E-state index contributed by atoms with van der Waals surface area (Å²) in [5.74, 6) is -0.305. The number of hydrogen-bond acceptors (Lipinski definition) is 4. The molecule has 2 aromatic rings. The first-order chi connectivity index (χ1) is 12.0. The fourth-order valence-corrected chi connectivity index (χ4v) is 5.69. The van der Waals surface area contributed by atoms with Gasteiger partial charge in [-0.25, -0.2) is 8.42 Å². The minimum absolute atomic E-state index is 0.224. The number of carbonyl (C=O) groups is 1. The molecule has 1 heterocycles. The monoisotopic (exact) mass is 359 g/mol. The summed E-state index contributed by atoms with van der Waals surface area (Å²) in [7, 11) is -3.71. The lowest BCUT2D eigenvalue weighted by atomic mass is 9.98. The van der Waals surface area contributed by atoms with Crippen molar-refractivity contribution < 1.29 is 13.2 Å². The molecular weight excluding hydrogens is 338 g/mol. The molecule has 25 heavy (non-hydrogen) atoms. The third-order valence-corrected chi connectivity index (χ3v) is 7.13. The van der Waals surface area contributed by atoms with Crippen molar-refractivity contribution in [3.63, 3.8) is 0 Å². The van der Waals surface area contributed by atoms with Gasteiger partial charge in [0.05, 0.1) is 16.1 Å². The molecule has 1 amide bonds. The summed E-state index contributed by atoms with van der Waals surface area (Å²) in [4.78, 5) is 12.9. The molecule has 0 spiro atoms. The molecule has 1 aliphatic carbocycles. The maximum Gasteiger partial charge on any atom is 0.265 e. The summed E-state index contributed by atoms with van der Waals surface area (Å²) < 4.78 is 27.0. The molecular formula is C18H21N3O3S. The summed E-state index contributed by atoms with van der Waals surface area (Å²) in [6.45, 7) is 0.152. The van der Waals surface area contributed by atoms with Gasteiger partial charge in [-0.2, -0.15) is 0 Å². The Morgan fingerprint density at radius 3 is 2.52 bits per heavy atom. The molecule has 1 fully saturated rings. The second-order valence-corrected chi connectivity index (χ2v) is 8.71. The highest BCUT2D eigenvalue weighted by atomic mass is 32.2. The van der Waals surface area contributed by atoms with Gasteiger partial charge >= 0.3 is 0 Å². The maximum atomic E-state index is 12.9. The molecule has 0 aromatic heterocycles. The van der Waals surface area contributed by atoms with Gasteiger partial charge < -0.3 is 11.1 Å². The Morgan fingerprint density at radius 1 is 1.16 bits per heavy atom. The van der Waals surface area contributed by atoms with Gasteiger partial charge in [0.15, 0.2) is 0 Å². The average molecular weight is 359 g/mol. The quantitative estimate of drug-likeness (QED) is 0.870. The molecule has 0 saturated heterocycles. The zero-order valence-corrected chi connectivity index (χ0v) is 14.7. The van der Waals surface area contributed by atoms with Crippen LogP contribution in [0.3, 0.4) is 0 Å². The maximum absolute atomic E-state index is 12.9. The van der Waals surface area contributed by atoms with Gasteiger partial charge in [-0.1, -0.05) is 37.1 Å². The van der Waals surface area contributed by atoms with E-state index in [1.54, 1.807) is 18.2 Å². The van der Waals surface area contributed by atoms with Crippen molar-refractivity contribution in [3.8, 4) is 0 Å². The molecule has 3 N–H and O–H groups in total. The van der Waals surface area contributed by atoms with Crippen LogP contribution in [0.15, 0.2) is 41.3 Å². The van der Waals surface area contributed by atoms with Crippen LogP contribution in [0.1, 0.15) is 25.7 Å². The highest BCUT2D eigenvalue weighted by molar-refractivity contribution is 7.93. The van der Waals surface area contributed by atoms with E-state index in [0.717, 1.165) is 31.1 Å². The Hall–Kier alpha value is -2.12.